The number of aromatic amines is 1. The Morgan fingerprint density at radius 1 is 1.33 bits per heavy atom. The highest BCUT2D eigenvalue weighted by molar-refractivity contribution is 6.09. The van der Waals surface area contributed by atoms with Crippen molar-refractivity contribution in [3.8, 4) is 6.07 Å². The van der Waals surface area contributed by atoms with E-state index in [0.29, 0.717) is 16.8 Å². The van der Waals surface area contributed by atoms with Gasteiger partial charge in [0.15, 0.2) is 0 Å². The third-order valence-electron chi connectivity index (χ3n) is 2.92. The van der Waals surface area contributed by atoms with Crippen LogP contribution in [0.2, 0.25) is 0 Å². The van der Waals surface area contributed by atoms with E-state index in [4.69, 9.17) is 5.26 Å². The van der Waals surface area contributed by atoms with Gasteiger partial charge in [-0.1, -0.05) is 0 Å². The van der Waals surface area contributed by atoms with Crippen molar-refractivity contribution in [2.45, 2.75) is 6.92 Å². The summed E-state index contributed by atoms with van der Waals surface area (Å²) in [6.45, 7) is 1.72. The molecule has 0 spiro atoms. The lowest BCUT2D eigenvalue weighted by Crippen LogP contribution is -2.22. The van der Waals surface area contributed by atoms with Crippen LogP contribution in [0.4, 0.5) is 5.69 Å². The molecule has 0 aliphatic carbocycles. The molecule has 2 rings (SSSR count). The maximum atomic E-state index is 12.1. The lowest BCUT2D eigenvalue weighted by Gasteiger charge is -2.13. The van der Waals surface area contributed by atoms with Gasteiger partial charge in [-0.3, -0.25) is 14.7 Å². The van der Waals surface area contributed by atoms with Crippen LogP contribution in [0.3, 0.4) is 0 Å². The van der Waals surface area contributed by atoms with Crippen molar-refractivity contribution >= 4 is 17.5 Å². The number of benzene rings is 1. The third kappa shape index (κ3) is 2.90. The van der Waals surface area contributed by atoms with Crippen LogP contribution in [0.25, 0.3) is 0 Å². The van der Waals surface area contributed by atoms with Crippen molar-refractivity contribution < 1.29 is 9.59 Å². The number of nitrogens with zero attached hydrogens (tertiary/aromatic N) is 2. The van der Waals surface area contributed by atoms with Gasteiger partial charge < -0.3 is 10.6 Å². The second-order valence-corrected chi connectivity index (χ2v) is 4.33. The molecule has 0 unspecified atom stereocenters. The predicted molar refractivity (Wildman–Crippen MR) is 75.8 cm³/mol. The van der Waals surface area contributed by atoms with Crippen molar-refractivity contribution in [2.75, 3.05) is 12.4 Å². The Hall–Kier alpha value is -3.14. The van der Waals surface area contributed by atoms with E-state index in [1.807, 2.05) is 6.07 Å². The molecule has 2 aromatic rings. The standard InChI is InChI=1S/C14H13N5O2/c1-8-5-9(7-15)6-10(13(20)16-2)12(8)18-14(21)11-3-4-17-19-11/h3-6H,1-2H3,(H,16,20)(H,17,19)(H,18,21). The maximum Gasteiger partial charge on any atom is 0.273 e. The normalized spacial score (nSPS) is 9.76. The number of rotatable bonds is 3. The zero-order chi connectivity index (χ0) is 15.4. The molecular formula is C14H13N5O2. The molecule has 1 aromatic heterocycles. The van der Waals surface area contributed by atoms with E-state index < -0.39 is 5.91 Å². The zero-order valence-corrected chi connectivity index (χ0v) is 11.5. The fourth-order valence-corrected chi connectivity index (χ4v) is 1.89. The topological polar surface area (TPSA) is 111 Å². The summed E-state index contributed by atoms with van der Waals surface area (Å²) in [6.07, 6.45) is 1.46. The molecule has 2 amide bonds. The first-order valence-electron chi connectivity index (χ1n) is 6.14. The minimum atomic E-state index is -0.412. The molecule has 0 aliphatic heterocycles. The fourth-order valence-electron chi connectivity index (χ4n) is 1.89. The van der Waals surface area contributed by atoms with Gasteiger partial charge in [0.2, 0.25) is 0 Å². The Balaban J connectivity index is 2.45. The molecule has 1 aromatic carbocycles. The van der Waals surface area contributed by atoms with Crippen LogP contribution >= 0.6 is 0 Å². The van der Waals surface area contributed by atoms with Crippen LogP contribution < -0.4 is 10.6 Å². The summed E-state index contributed by atoms with van der Waals surface area (Å²) in [4.78, 5) is 24.0. The number of carbonyl (C=O) groups is 2. The fraction of sp³-hybridized carbons (Fsp3) is 0.143. The van der Waals surface area contributed by atoms with Crippen molar-refractivity contribution in [3.63, 3.8) is 0 Å². The maximum absolute atomic E-state index is 12.1. The van der Waals surface area contributed by atoms with Gasteiger partial charge in [-0.05, 0) is 30.7 Å². The first kappa shape index (κ1) is 14.3. The average molecular weight is 283 g/mol. The lowest BCUT2D eigenvalue weighted by atomic mass is 10.0. The molecule has 0 saturated heterocycles. The number of hydrogen-bond donors (Lipinski definition) is 3. The highest BCUT2D eigenvalue weighted by Gasteiger charge is 2.17. The van der Waals surface area contributed by atoms with E-state index in [1.54, 1.807) is 13.0 Å². The number of nitrogens with one attached hydrogen (secondary N) is 3. The number of amides is 2. The highest BCUT2D eigenvalue weighted by atomic mass is 16.2. The summed E-state index contributed by atoms with van der Waals surface area (Å²) >= 11 is 0. The summed E-state index contributed by atoms with van der Waals surface area (Å²) in [6, 6.07) is 6.55. The molecule has 0 fully saturated rings. The first-order chi connectivity index (χ1) is 10.1. The summed E-state index contributed by atoms with van der Waals surface area (Å²) in [7, 11) is 1.48. The van der Waals surface area contributed by atoms with Crippen LogP contribution in [0.1, 0.15) is 32.0 Å². The predicted octanol–water partition coefficient (Wildman–Crippen LogP) is 1.20. The Labute approximate surface area is 121 Å². The molecule has 1 heterocycles. The van der Waals surface area contributed by atoms with Gasteiger partial charge >= 0.3 is 0 Å². The van der Waals surface area contributed by atoms with Gasteiger partial charge in [0, 0.05) is 13.2 Å². The number of H-pyrrole nitrogens is 1. The van der Waals surface area contributed by atoms with Crippen LogP contribution in [-0.2, 0) is 0 Å². The van der Waals surface area contributed by atoms with E-state index in [1.165, 1.54) is 25.4 Å². The van der Waals surface area contributed by atoms with Crippen LogP contribution in [0, 0.1) is 18.3 Å². The largest absolute Gasteiger partial charge is 0.355 e. The van der Waals surface area contributed by atoms with Gasteiger partial charge in [0.1, 0.15) is 5.69 Å². The monoisotopic (exact) mass is 283 g/mol. The summed E-state index contributed by atoms with van der Waals surface area (Å²) in [5, 5.41) is 20.4. The number of aryl methyl sites for hydroxylation is 1. The number of anilines is 1. The van der Waals surface area contributed by atoms with Crippen LogP contribution in [0.15, 0.2) is 24.4 Å². The van der Waals surface area contributed by atoms with E-state index in [0.717, 1.165) is 0 Å². The van der Waals surface area contributed by atoms with E-state index in [2.05, 4.69) is 20.8 Å². The minimum Gasteiger partial charge on any atom is -0.355 e. The molecule has 106 valence electrons. The summed E-state index contributed by atoms with van der Waals surface area (Å²) in [5.41, 5.74) is 1.86. The van der Waals surface area contributed by atoms with Crippen LogP contribution in [0.5, 0.6) is 0 Å². The average Bonchev–Trinajstić information content (AvgIpc) is 3.02. The van der Waals surface area contributed by atoms with Gasteiger partial charge in [-0.25, -0.2) is 0 Å². The van der Waals surface area contributed by atoms with Crippen LogP contribution in [-0.4, -0.2) is 29.1 Å². The first-order valence-corrected chi connectivity index (χ1v) is 6.14. The zero-order valence-electron chi connectivity index (χ0n) is 11.5. The van der Waals surface area contributed by atoms with Gasteiger partial charge in [0.05, 0.1) is 22.9 Å². The molecule has 0 aliphatic rings. The van der Waals surface area contributed by atoms with Crippen molar-refractivity contribution in [1.29, 1.82) is 5.26 Å². The Morgan fingerprint density at radius 3 is 2.67 bits per heavy atom. The molecule has 3 N–H and O–H groups in total. The van der Waals surface area contributed by atoms with E-state index in [9.17, 15) is 9.59 Å². The van der Waals surface area contributed by atoms with E-state index in [-0.39, 0.29) is 17.2 Å². The summed E-state index contributed by atoms with van der Waals surface area (Å²) < 4.78 is 0. The smallest absolute Gasteiger partial charge is 0.273 e. The van der Waals surface area contributed by atoms with Crippen molar-refractivity contribution in [2.24, 2.45) is 0 Å². The summed E-state index contributed by atoms with van der Waals surface area (Å²) in [5.74, 6) is -0.791. The van der Waals surface area contributed by atoms with Crippen molar-refractivity contribution in [1.82, 2.24) is 15.5 Å². The third-order valence-corrected chi connectivity index (χ3v) is 2.92. The van der Waals surface area contributed by atoms with Gasteiger partial charge in [-0.2, -0.15) is 10.4 Å². The Kier molecular flexibility index (Phi) is 4.00. The van der Waals surface area contributed by atoms with Crippen molar-refractivity contribution in [3.05, 3.63) is 46.8 Å². The Bertz CT molecular complexity index is 729. The molecule has 7 nitrogen and oxygen atoms in total. The molecular weight excluding hydrogens is 270 g/mol. The Morgan fingerprint density at radius 2 is 2.10 bits per heavy atom. The molecule has 0 radical (unpaired) electrons. The van der Waals surface area contributed by atoms with Gasteiger partial charge in [-0.15, -0.1) is 0 Å². The molecule has 21 heavy (non-hydrogen) atoms. The SMILES string of the molecule is CNC(=O)c1cc(C#N)cc(C)c1NC(=O)c1ccn[nH]1. The molecule has 7 heteroatoms. The number of nitriles is 1. The number of carbonyl (C=O) groups excluding carboxylic acids is 2. The molecule has 0 bridgehead atoms. The second kappa shape index (κ2) is 5.88. The lowest BCUT2D eigenvalue weighted by molar-refractivity contribution is 0.0964. The highest BCUT2D eigenvalue weighted by Crippen LogP contribution is 2.23. The van der Waals surface area contributed by atoms with Gasteiger partial charge in [0.25, 0.3) is 11.8 Å². The molecule has 0 atom stereocenters. The molecule has 0 saturated carbocycles. The number of aromatic nitrogens is 2. The quantitative estimate of drug-likeness (QED) is 0.786. The number of hydrogen-bond acceptors (Lipinski definition) is 4. The van der Waals surface area contributed by atoms with E-state index >= 15 is 0 Å². The minimum absolute atomic E-state index is 0.238. The second-order valence-electron chi connectivity index (χ2n) is 4.33.